The monoisotopic (exact) mass is 416 g/mol. The molecule has 0 spiro atoms. The summed E-state index contributed by atoms with van der Waals surface area (Å²) in [4.78, 5) is 17.8. The van der Waals surface area contributed by atoms with Gasteiger partial charge in [0.05, 0.1) is 12.3 Å². The minimum Gasteiger partial charge on any atom is -0.494 e. The molecule has 2 aromatic carbocycles. The van der Waals surface area contributed by atoms with Crippen LogP contribution in [0.2, 0.25) is 5.02 Å². The normalized spacial score (nSPS) is 10.6. The van der Waals surface area contributed by atoms with E-state index in [-0.39, 0.29) is 12.5 Å². The zero-order chi connectivity index (χ0) is 20.1. The summed E-state index contributed by atoms with van der Waals surface area (Å²) in [6.45, 7) is 6.34. The fourth-order valence-corrected chi connectivity index (χ4v) is 3.57. The van der Waals surface area contributed by atoms with Crippen LogP contribution in [0.25, 0.3) is 11.3 Å². The smallest absolute Gasteiger partial charge is 0.264 e. The third-order valence-electron chi connectivity index (χ3n) is 3.98. The second-order valence-corrected chi connectivity index (χ2v) is 7.74. The Bertz CT molecular complexity index is 970. The Morgan fingerprint density at radius 2 is 1.82 bits per heavy atom. The Balaban J connectivity index is 1.62. The largest absolute Gasteiger partial charge is 0.494 e. The van der Waals surface area contributed by atoms with Crippen LogP contribution in [0.15, 0.2) is 42.5 Å². The van der Waals surface area contributed by atoms with Gasteiger partial charge in [-0.25, -0.2) is 4.98 Å². The number of benzene rings is 2. The highest BCUT2D eigenvalue weighted by molar-refractivity contribution is 7.16. The summed E-state index contributed by atoms with van der Waals surface area (Å²) in [5, 5.41) is 4.00. The quantitative estimate of drug-likeness (QED) is 0.552. The van der Waals surface area contributed by atoms with Crippen molar-refractivity contribution in [3.63, 3.8) is 0 Å². The van der Waals surface area contributed by atoms with Crippen LogP contribution in [0.5, 0.6) is 11.5 Å². The van der Waals surface area contributed by atoms with Crippen LogP contribution in [0.4, 0.5) is 5.13 Å². The number of thiazole rings is 1. The van der Waals surface area contributed by atoms with E-state index in [1.54, 1.807) is 18.2 Å². The van der Waals surface area contributed by atoms with Gasteiger partial charge < -0.3 is 9.47 Å². The molecule has 28 heavy (non-hydrogen) atoms. The number of hydrogen-bond donors (Lipinski definition) is 1. The SMILES string of the molecule is CCOc1ccc(-c2nc(NC(=O)COc3ccc(Cl)c(C)c3)sc2C)cc1. The Morgan fingerprint density at radius 1 is 1.11 bits per heavy atom. The highest BCUT2D eigenvalue weighted by Crippen LogP contribution is 2.31. The van der Waals surface area contributed by atoms with Crippen molar-refractivity contribution >= 4 is 34.0 Å². The van der Waals surface area contributed by atoms with E-state index in [1.165, 1.54) is 11.3 Å². The molecule has 0 aliphatic heterocycles. The molecule has 5 nitrogen and oxygen atoms in total. The van der Waals surface area contributed by atoms with Crippen LogP contribution >= 0.6 is 22.9 Å². The average Bonchev–Trinajstić information content (AvgIpc) is 3.03. The van der Waals surface area contributed by atoms with Gasteiger partial charge in [-0.15, -0.1) is 11.3 Å². The second-order valence-electron chi connectivity index (χ2n) is 6.13. The van der Waals surface area contributed by atoms with Crippen LogP contribution in [-0.2, 0) is 4.79 Å². The lowest BCUT2D eigenvalue weighted by Crippen LogP contribution is -2.20. The number of halogens is 1. The number of hydrogen-bond acceptors (Lipinski definition) is 5. The van der Waals surface area contributed by atoms with Crippen molar-refractivity contribution in [2.24, 2.45) is 0 Å². The Labute approximate surface area is 173 Å². The number of carbonyl (C=O) groups excluding carboxylic acids is 1. The summed E-state index contributed by atoms with van der Waals surface area (Å²) in [5.41, 5.74) is 2.72. The van der Waals surface area contributed by atoms with Crippen LogP contribution < -0.4 is 14.8 Å². The number of aromatic nitrogens is 1. The number of nitrogens with one attached hydrogen (secondary N) is 1. The van der Waals surface area contributed by atoms with Gasteiger partial charge in [-0.2, -0.15) is 0 Å². The van der Waals surface area contributed by atoms with Gasteiger partial charge in [-0.3, -0.25) is 10.1 Å². The zero-order valence-corrected chi connectivity index (χ0v) is 17.5. The molecule has 0 aliphatic carbocycles. The van der Waals surface area contributed by atoms with E-state index in [1.807, 2.05) is 45.0 Å². The molecular formula is C21H21ClN2O3S. The molecule has 3 aromatic rings. The minimum atomic E-state index is -0.264. The Kier molecular flexibility index (Phi) is 6.54. The van der Waals surface area contributed by atoms with Gasteiger partial charge in [0.25, 0.3) is 5.91 Å². The highest BCUT2D eigenvalue weighted by Gasteiger charge is 2.13. The third kappa shape index (κ3) is 5.03. The Morgan fingerprint density at radius 3 is 2.50 bits per heavy atom. The van der Waals surface area contributed by atoms with E-state index >= 15 is 0 Å². The van der Waals surface area contributed by atoms with E-state index in [9.17, 15) is 4.79 Å². The van der Waals surface area contributed by atoms with Gasteiger partial charge in [-0.05, 0) is 68.8 Å². The number of rotatable bonds is 7. The molecule has 0 saturated heterocycles. The van der Waals surface area contributed by atoms with Gasteiger partial charge in [-0.1, -0.05) is 11.6 Å². The molecule has 1 amide bonds. The van der Waals surface area contributed by atoms with Crippen LogP contribution in [-0.4, -0.2) is 24.1 Å². The van der Waals surface area contributed by atoms with E-state index in [0.717, 1.165) is 27.4 Å². The molecule has 0 aliphatic rings. The molecule has 0 saturated carbocycles. The minimum absolute atomic E-state index is 0.0991. The van der Waals surface area contributed by atoms with Gasteiger partial charge in [0.15, 0.2) is 11.7 Å². The number of amides is 1. The first-order valence-corrected chi connectivity index (χ1v) is 10.0. The Hall–Kier alpha value is -2.57. The van der Waals surface area contributed by atoms with E-state index in [2.05, 4.69) is 10.3 Å². The summed E-state index contributed by atoms with van der Waals surface area (Å²) in [7, 11) is 0. The number of nitrogens with zero attached hydrogens (tertiary/aromatic N) is 1. The van der Waals surface area contributed by atoms with Crippen LogP contribution in [0.1, 0.15) is 17.4 Å². The second kappa shape index (κ2) is 9.08. The first-order chi connectivity index (χ1) is 13.5. The number of carbonyl (C=O) groups is 1. The fraction of sp³-hybridized carbons (Fsp3) is 0.238. The summed E-state index contributed by atoms with van der Waals surface area (Å²) < 4.78 is 11.0. The number of ether oxygens (including phenoxy) is 2. The molecule has 0 unspecified atom stereocenters. The van der Waals surface area contributed by atoms with Crippen molar-refractivity contribution in [3.8, 4) is 22.8 Å². The summed E-state index contributed by atoms with van der Waals surface area (Å²) >= 11 is 7.42. The topological polar surface area (TPSA) is 60.5 Å². The predicted molar refractivity (Wildman–Crippen MR) is 114 cm³/mol. The average molecular weight is 417 g/mol. The fourth-order valence-electron chi connectivity index (χ4n) is 2.60. The molecule has 146 valence electrons. The standard InChI is InChI=1S/C21H21ClN2O3S/c1-4-26-16-7-5-15(6-8-16)20-14(3)28-21(24-20)23-19(25)12-27-17-9-10-18(22)13(2)11-17/h5-11H,4,12H2,1-3H3,(H,23,24,25). The van der Waals surface area contributed by atoms with E-state index < -0.39 is 0 Å². The maximum Gasteiger partial charge on any atom is 0.264 e. The van der Waals surface area contributed by atoms with E-state index in [0.29, 0.717) is 22.5 Å². The van der Waals surface area contributed by atoms with Crippen molar-refractivity contribution in [2.45, 2.75) is 20.8 Å². The van der Waals surface area contributed by atoms with Crippen molar-refractivity contribution in [1.29, 1.82) is 0 Å². The van der Waals surface area contributed by atoms with Crippen molar-refractivity contribution in [1.82, 2.24) is 4.98 Å². The van der Waals surface area contributed by atoms with Gasteiger partial charge in [0.1, 0.15) is 11.5 Å². The molecule has 0 atom stereocenters. The molecule has 1 aromatic heterocycles. The van der Waals surface area contributed by atoms with Crippen molar-refractivity contribution in [3.05, 3.63) is 57.9 Å². The molecule has 1 heterocycles. The molecule has 1 N–H and O–H groups in total. The molecule has 0 radical (unpaired) electrons. The van der Waals surface area contributed by atoms with E-state index in [4.69, 9.17) is 21.1 Å². The maximum absolute atomic E-state index is 12.2. The lowest BCUT2D eigenvalue weighted by Gasteiger charge is -2.07. The predicted octanol–water partition coefficient (Wildman–Crippen LogP) is 5.50. The first-order valence-electron chi connectivity index (χ1n) is 8.85. The molecule has 0 bridgehead atoms. The summed E-state index contributed by atoms with van der Waals surface area (Å²) in [6.07, 6.45) is 0. The van der Waals surface area contributed by atoms with Crippen LogP contribution in [0, 0.1) is 13.8 Å². The molecule has 7 heteroatoms. The van der Waals surface area contributed by atoms with Gasteiger partial charge in [0.2, 0.25) is 0 Å². The first kappa shape index (κ1) is 20.2. The van der Waals surface area contributed by atoms with Crippen LogP contribution in [0.3, 0.4) is 0 Å². The van der Waals surface area contributed by atoms with Crippen molar-refractivity contribution in [2.75, 3.05) is 18.5 Å². The molecule has 3 rings (SSSR count). The lowest BCUT2D eigenvalue weighted by molar-refractivity contribution is -0.118. The summed E-state index contributed by atoms with van der Waals surface area (Å²) in [5.74, 6) is 1.16. The molecule has 0 fully saturated rings. The summed E-state index contributed by atoms with van der Waals surface area (Å²) in [6, 6.07) is 13.0. The zero-order valence-electron chi connectivity index (χ0n) is 15.9. The van der Waals surface area contributed by atoms with Crippen molar-refractivity contribution < 1.29 is 14.3 Å². The van der Waals surface area contributed by atoms with Gasteiger partial charge >= 0.3 is 0 Å². The molecular weight excluding hydrogens is 396 g/mol. The maximum atomic E-state index is 12.2. The lowest BCUT2D eigenvalue weighted by atomic mass is 10.1. The number of anilines is 1. The highest BCUT2D eigenvalue weighted by atomic mass is 35.5. The van der Waals surface area contributed by atoms with Gasteiger partial charge in [0, 0.05) is 15.5 Å². The number of aryl methyl sites for hydroxylation is 2. The third-order valence-corrected chi connectivity index (χ3v) is 5.29.